The van der Waals surface area contributed by atoms with E-state index in [9.17, 15) is 14.4 Å². The summed E-state index contributed by atoms with van der Waals surface area (Å²) in [5, 5.41) is 0. The van der Waals surface area contributed by atoms with Gasteiger partial charge in [0.1, 0.15) is 23.3 Å². The van der Waals surface area contributed by atoms with Crippen LogP contribution in [0.3, 0.4) is 0 Å². The van der Waals surface area contributed by atoms with Gasteiger partial charge >= 0.3 is 18.2 Å². The van der Waals surface area contributed by atoms with Gasteiger partial charge in [0.25, 0.3) is 0 Å². The fourth-order valence-corrected chi connectivity index (χ4v) is 1.34. The molecule has 0 atom stereocenters. The van der Waals surface area contributed by atoms with Gasteiger partial charge < -0.3 is 14.2 Å². The lowest BCUT2D eigenvalue weighted by molar-refractivity contribution is -0.155. The molecule has 0 bridgehead atoms. The zero-order valence-corrected chi connectivity index (χ0v) is 15.6. The molecule has 7 nitrogen and oxygen atoms in total. The van der Waals surface area contributed by atoms with E-state index in [2.05, 4.69) is 0 Å². The maximum absolute atomic E-state index is 12.2. The maximum atomic E-state index is 12.2. The number of esters is 1. The first-order valence-electron chi connectivity index (χ1n) is 7.45. The van der Waals surface area contributed by atoms with Crippen LogP contribution in [0.25, 0.3) is 0 Å². The van der Waals surface area contributed by atoms with E-state index in [0.717, 1.165) is 0 Å². The van der Waals surface area contributed by atoms with Crippen molar-refractivity contribution in [2.75, 3.05) is 6.54 Å². The summed E-state index contributed by atoms with van der Waals surface area (Å²) in [7, 11) is 0. The van der Waals surface area contributed by atoms with Gasteiger partial charge in [-0.3, -0.25) is 4.79 Å². The number of nitrogens with zero attached hydrogens (tertiary/aromatic N) is 1. The highest BCUT2D eigenvalue weighted by Gasteiger charge is 2.34. The number of carbonyl (C=O) groups excluding carboxylic acids is 3. The fourth-order valence-electron chi connectivity index (χ4n) is 1.34. The summed E-state index contributed by atoms with van der Waals surface area (Å²) >= 11 is 0. The monoisotopic (exact) mass is 331 g/mol. The minimum Gasteiger partial charge on any atom is -0.459 e. The van der Waals surface area contributed by atoms with Crippen LogP contribution in [0.5, 0.6) is 0 Å². The number of amides is 2. The second kappa shape index (κ2) is 7.19. The van der Waals surface area contributed by atoms with Gasteiger partial charge in [0, 0.05) is 0 Å². The second-order valence-corrected chi connectivity index (χ2v) is 8.13. The van der Waals surface area contributed by atoms with Crippen LogP contribution in [-0.2, 0) is 19.0 Å². The van der Waals surface area contributed by atoms with Gasteiger partial charge in [0.15, 0.2) is 0 Å². The molecule has 0 rings (SSSR count). The molecule has 134 valence electrons. The summed E-state index contributed by atoms with van der Waals surface area (Å²) < 4.78 is 15.4. The number of imide groups is 1. The Bertz CT molecular complexity index is 423. The quantitative estimate of drug-likeness (QED) is 0.569. The average Bonchev–Trinajstić information content (AvgIpc) is 2.17. The highest BCUT2D eigenvalue weighted by Crippen LogP contribution is 2.15. The maximum Gasteiger partial charge on any atom is 0.420 e. The van der Waals surface area contributed by atoms with Crippen LogP contribution in [0.15, 0.2) is 0 Å². The van der Waals surface area contributed by atoms with Crippen molar-refractivity contribution in [2.24, 2.45) is 0 Å². The van der Waals surface area contributed by atoms with E-state index in [0.29, 0.717) is 4.90 Å². The first-order chi connectivity index (χ1) is 10.0. The van der Waals surface area contributed by atoms with Gasteiger partial charge in [-0.25, -0.2) is 14.5 Å². The number of hydrogen-bond donors (Lipinski definition) is 0. The smallest absolute Gasteiger partial charge is 0.420 e. The van der Waals surface area contributed by atoms with Crippen molar-refractivity contribution in [2.45, 2.75) is 79.1 Å². The van der Waals surface area contributed by atoms with Gasteiger partial charge in [-0.2, -0.15) is 0 Å². The van der Waals surface area contributed by atoms with Crippen molar-refractivity contribution < 1.29 is 28.6 Å². The van der Waals surface area contributed by atoms with Crippen molar-refractivity contribution in [3.63, 3.8) is 0 Å². The molecule has 0 fully saturated rings. The molecule has 0 aromatic heterocycles. The van der Waals surface area contributed by atoms with Gasteiger partial charge in [0.05, 0.1) is 0 Å². The third-order valence-corrected chi connectivity index (χ3v) is 1.94. The predicted octanol–water partition coefficient (Wildman–Crippen LogP) is 3.50. The first kappa shape index (κ1) is 21.2. The van der Waals surface area contributed by atoms with Crippen molar-refractivity contribution in [3.8, 4) is 0 Å². The zero-order valence-electron chi connectivity index (χ0n) is 15.6. The van der Waals surface area contributed by atoms with Gasteiger partial charge in [-0.05, 0) is 62.3 Å². The number of hydrogen-bond acceptors (Lipinski definition) is 6. The highest BCUT2D eigenvalue weighted by molar-refractivity contribution is 5.92. The van der Waals surface area contributed by atoms with E-state index in [1.807, 2.05) is 0 Å². The topological polar surface area (TPSA) is 82.1 Å². The Morgan fingerprint density at radius 3 is 1.22 bits per heavy atom. The molecule has 0 aliphatic heterocycles. The lowest BCUT2D eigenvalue weighted by Gasteiger charge is -2.29. The number of ether oxygens (including phenoxy) is 3. The molecule has 0 heterocycles. The normalized spacial score (nSPS) is 12.4. The van der Waals surface area contributed by atoms with Crippen LogP contribution in [0.1, 0.15) is 62.3 Å². The summed E-state index contributed by atoms with van der Waals surface area (Å²) in [6, 6.07) is 0. The molecule has 0 saturated carbocycles. The van der Waals surface area contributed by atoms with Crippen molar-refractivity contribution in [3.05, 3.63) is 0 Å². The van der Waals surface area contributed by atoms with Gasteiger partial charge in [0.2, 0.25) is 0 Å². The Labute approximate surface area is 138 Å². The highest BCUT2D eigenvalue weighted by atomic mass is 16.6. The summed E-state index contributed by atoms with van der Waals surface area (Å²) in [5.74, 6) is -0.728. The average molecular weight is 331 g/mol. The van der Waals surface area contributed by atoms with Crippen molar-refractivity contribution in [1.82, 2.24) is 4.90 Å². The first-order valence-corrected chi connectivity index (χ1v) is 7.45. The van der Waals surface area contributed by atoms with Crippen molar-refractivity contribution >= 4 is 18.2 Å². The Morgan fingerprint density at radius 1 is 0.652 bits per heavy atom. The molecule has 0 aliphatic rings. The third-order valence-electron chi connectivity index (χ3n) is 1.94. The van der Waals surface area contributed by atoms with E-state index in [1.54, 1.807) is 62.3 Å². The van der Waals surface area contributed by atoms with Crippen LogP contribution in [0.2, 0.25) is 0 Å². The van der Waals surface area contributed by atoms with Gasteiger partial charge in [-0.1, -0.05) is 0 Å². The Balaban J connectivity index is 5.19. The SMILES string of the molecule is CC(C)(C)OC(=O)CN(C(=O)OC(C)(C)C)C(=O)OC(C)(C)C. The van der Waals surface area contributed by atoms with Crippen LogP contribution in [0, 0.1) is 0 Å². The van der Waals surface area contributed by atoms with E-state index in [1.165, 1.54) is 0 Å². The molecule has 0 spiro atoms. The number of carbonyl (C=O) groups is 3. The van der Waals surface area contributed by atoms with Crippen LogP contribution < -0.4 is 0 Å². The summed E-state index contributed by atoms with van der Waals surface area (Å²) in [6.45, 7) is 14.4. The lowest BCUT2D eigenvalue weighted by Crippen LogP contribution is -2.47. The van der Waals surface area contributed by atoms with Gasteiger partial charge in [-0.15, -0.1) is 0 Å². The van der Waals surface area contributed by atoms with Crippen LogP contribution >= 0.6 is 0 Å². The second-order valence-electron chi connectivity index (χ2n) is 8.13. The fraction of sp³-hybridized carbons (Fsp3) is 0.812. The standard InChI is InChI=1S/C16H29NO6/c1-14(2,3)21-11(18)10-17(12(19)22-15(4,5)6)13(20)23-16(7,8)9/h10H2,1-9H3. The van der Waals surface area contributed by atoms with E-state index in [4.69, 9.17) is 14.2 Å². The van der Waals surface area contributed by atoms with E-state index < -0.39 is 41.5 Å². The molecule has 0 N–H and O–H groups in total. The minimum atomic E-state index is -0.961. The molecule has 2 amide bonds. The van der Waals surface area contributed by atoms with E-state index in [-0.39, 0.29) is 0 Å². The largest absolute Gasteiger partial charge is 0.459 e. The Morgan fingerprint density at radius 2 is 0.957 bits per heavy atom. The van der Waals surface area contributed by atoms with E-state index >= 15 is 0 Å². The lowest BCUT2D eigenvalue weighted by atomic mass is 10.2. The Hall–Kier alpha value is -1.79. The predicted molar refractivity (Wildman–Crippen MR) is 85.0 cm³/mol. The molecular weight excluding hydrogens is 302 g/mol. The molecule has 7 heteroatoms. The molecule has 0 radical (unpaired) electrons. The van der Waals surface area contributed by atoms with Crippen LogP contribution in [-0.4, -0.2) is 46.4 Å². The zero-order chi connectivity index (χ0) is 18.6. The molecule has 0 aromatic rings. The molecule has 23 heavy (non-hydrogen) atoms. The summed E-state index contributed by atoms with van der Waals surface area (Å²) in [6.07, 6.45) is -1.92. The molecule has 0 unspecified atom stereocenters. The van der Waals surface area contributed by atoms with Crippen LogP contribution in [0.4, 0.5) is 9.59 Å². The van der Waals surface area contributed by atoms with Crippen molar-refractivity contribution in [1.29, 1.82) is 0 Å². The molecular formula is C16H29NO6. The third kappa shape index (κ3) is 10.5. The molecule has 0 aromatic carbocycles. The summed E-state index contributed by atoms with van der Waals surface area (Å²) in [4.78, 5) is 36.9. The summed E-state index contributed by atoms with van der Waals surface area (Å²) in [5.41, 5.74) is -2.36. The molecule has 0 saturated heterocycles. The minimum absolute atomic E-state index is 0.582. The Kier molecular flexibility index (Phi) is 6.63. The number of rotatable bonds is 2. The molecule has 0 aliphatic carbocycles.